The first-order valence-electron chi connectivity index (χ1n) is 6.60. The number of rotatable bonds is 3. The maximum atomic E-state index is 3.44. The lowest BCUT2D eigenvalue weighted by Crippen LogP contribution is -2.30. The lowest BCUT2D eigenvalue weighted by atomic mass is 9.81. The summed E-state index contributed by atoms with van der Waals surface area (Å²) in [6.07, 6.45) is 3.81. The molecule has 0 spiro atoms. The Labute approximate surface area is 99.3 Å². The van der Waals surface area contributed by atoms with Crippen LogP contribution in [0.25, 0.3) is 0 Å². The standard InChI is InChI=1S/C15H23N/c1-3-13-5-4-6-15(11-13)12(2)14-7-9-16-10-8-14/h4-6,11-12,14,16H,3,7-10H2,1-2H3/t12-/m0/s1. The molecule has 0 aromatic heterocycles. The van der Waals surface area contributed by atoms with E-state index in [-0.39, 0.29) is 0 Å². The third kappa shape index (κ3) is 2.65. The predicted molar refractivity (Wildman–Crippen MR) is 69.8 cm³/mol. The van der Waals surface area contributed by atoms with E-state index < -0.39 is 0 Å². The van der Waals surface area contributed by atoms with E-state index in [0.717, 1.165) is 12.3 Å². The minimum absolute atomic E-state index is 0.716. The highest BCUT2D eigenvalue weighted by Crippen LogP contribution is 2.30. The van der Waals surface area contributed by atoms with Crippen molar-refractivity contribution >= 4 is 0 Å². The topological polar surface area (TPSA) is 12.0 Å². The molecule has 1 heteroatoms. The van der Waals surface area contributed by atoms with E-state index in [1.54, 1.807) is 0 Å². The summed E-state index contributed by atoms with van der Waals surface area (Å²) in [5.74, 6) is 1.59. The van der Waals surface area contributed by atoms with E-state index in [4.69, 9.17) is 0 Å². The van der Waals surface area contributed by atoms with Gasteiger partial charge in [0.1, 0.15) is 0 Å². The molecule has 16 heavy (non-hydrogen) atoms. The summed E-state index contributed by atoms with van der Waals surface area (Å²) < 4.78 is 0. The zero-order valence-electron chi connectivity index (χ0n) is 10.5. The van der Waals surface area contributed by atoms with Crippen molar-refractivity contribution < 1.29 is 0 Å². The average molecular weight is 217 g/mol. The van der Waals surface area contributed by atoms with Gasteiger partial charge in [0.25, 0.3) is 0 Å². The fourth-order valence-corrected chi connectivity index (χ4v) is 2.71. The SMILES string of the molecule is CCc1cccc([C@@H](C)C2CCNCC2)c1. The van der Waals surface area contributed by atoms with Gasteiger partial charge in [-0.1, -0.05) is 38.1 Å². The van der Waals surface area contributed by atoms with Gasteiger partial charge in [0, 0.05) is 0 Å². The highest BCUT2D eigenvalue weighted by atomic mass is 14.9. The van der Waals surface area contributed by atoms with E-state index in [9.17, 15) is 0 Å². The van der Waals surface area contributed by atoms with Gasteiger partial charge in [0.15, 0.2) is 0 Å². The van der Waals surface area contributed by atoms with Crippen molar-refractivity contribution in [2.75, 3.05) is 13.1 Å². The molecule has 1 N–H and O–H groups in total. The van der Waals surface area contributed by atoms with E-state index >= 15 is 0 Å². The van der Waals surface area contributed by atoms with Crippen molar-refractivity contribution in [3.05, 3.63) is 35.4 Å². The molecule has 0 bridgehead atoms. The first-order valence-corrected chi connectivity index (χ1v) is 6.60. The van der Waals surface area contributed by atoms with Crippen LogP contribution in [0, 0.1) is 5.92 Å². The van der Waals surface area contributed by atoms with Crippen LogP contribution in [0.15, 0.2) is 24.3 Å². The minimum Gasteiger partial charge on any atom is -0.317 e. The summed E-state index contributed by atoms with van der Waals surface area (Å²) in [4.78, 5) is 0. The lowest BCUT2D eigenvalue weighted by molar-refractivity contribution is 0.330. The van der Waals surface area contributed by atoms with E-state index in [0.29, 0.717) is 5.92 Å². The molecule has 0 aliphatic carbocycles. The van der Waals surface area contributed by atoms with Gasteiger partial charge >= 0.3 is 0 Å². The Hall–Kier alpha value is -0.820. The molecule has 1 aromatic carbocycles. The summed E-state index contributed by atoms with van der Waals surface area (Å²) in [6, 6.07) is 9.14. The van der Waals surface area contributed by atoms with Crippen molar-refractivity contribution in [2.24, 2.45) is 5.92 Å². The number of benzene rings is 1. The molecular weight excluding hydrogens is 194 g/mol. The highest BCUT2D eigenvalue weighted by Gasteiger charge is 2.20. The molecule has 0 amide bonds. The molecule has 0 radical (unpaired) electrons. The second kappa shape index (κ2) is 5.49. The molecule has 88 valence electrons. The molecule has 1 aliphatic heterocycles. The smallest absolute Gasteiger partial charge is 0.00461 e. The molecule has 1 atom stereocenters. The summed E-state index contributed by atoms with van der Waals surface area (Å²) in [7, 11) is 0. The van der Waals surface area contributed by atoms with Crippen LogP contribution >= 0.6 is 0 Å². The molecule has 2 rings (SSSR count). The monoisotopic (exact) mass is 217 g/mol. The Morgan fingerprint density at radius 1 is 1.31 bits per heavy atom. The Bertz CT molecular complexity index is 326. The van der Waals surface area contributed by atoms with Gasteiger partial charge in [-0.3, -0.25) is 0 Å². The van der Waals surface area contributed by atoms with Crippen molar-refractivity contribution in [1.82, 2.24) is 5.32 Å². The van der Waals surface area contributed by atoms with Gasteiger partial charge < -0.3 is 5.32 Å². The molecule has 1 nitrogen and oxygen atoms in total. The molecule has 1 heterocycles. The van der Waals surface area contributed by atoms with Crippen molar-refractivity contribution in [3.8, 4) is 0 Å². The normalized spacial score (nSPS) is 19.6. The van der Waals surface area contributed by atoms with Crippen LogP contribution in [0.1, 0.15) is 43.7 Å². The number of hydrogen-bond acceptors (Lipinski definition) is 1. The fraction of sp³-hybridized carbons (Fsp3) is 0.600. The van der Waals surface area contributed by atoms with Crippen molar-refractivity contribution in [1.29, 1.82) is 0 Å². The minimum atomic E-state index is 0.716. The van der Waals surface area contributed by atoms with Crippen molar-refractivity contribution in [2.45, 2.75) is 39.0 Å². The van der Waals surface area contributed by atoms with Crippen LogP contribution < -0.4 is 5.32 Å². The quantitative estimate of drug-likeness (QED) is 0.818. The number of hydrogen-bond donors (Lipinski definition) is 1. The van der Waals surface area contributed by atoms with Gasteiger partial charge in [0.2, 0.25) is 0 Å². The number of piperidine rings is 1. The fourth-order valence-electron chi connectivity index (χ4n) is 2.71. The molecule has 1 aliphatic rings. The largest absolute Gasteiger partial charge is 0.317 e. The van der Waals surface area contributed by atoms with Crippen LogP contribution in [0.3, 0.4) is 0 Å². The van der Waals surface area contributed by atoms with Crippen LogP contribution in [0.2, 0.25) is 0 Å². The van der Waals surface area contributed by atoms with Gasteiger partial charge in [-0.2, -0.15) is 0 Å². The van der Waals surface area contributed by atoms with Crippen molar-refractivity contribution in [3.63, 3.8) is 0 Å². The second-order valence-corrected chi connectivity index (χ2v) is 4.97. The third-order valence-corrected chi connectivity index (χ3v) is 3.98. The molecule has 1 saturated heterocycles. The van der Waals surface area contributed by atoms with E-state index in [2.05, 4.69) is 43.4 Å². The maximum Gasteiger partial charge on any atom is -0.00461 e. The Kier molecular flexibility index (Phi) is 4.00. The van der Waals surface area contributed by atoms with Gasteiger partial charge in [0.05, 0.1) is 0 Å². The number of nitrogens with one attached hydrogen (secondary N) is 1. The number of aryl methyl sites for hydroxylation is 1. The molecular formula is C15H23N. The molecule has 0 saturated carbocycles. The van der Waals surface area contributed by atoms with Crippen LogP contribution in [-0.2, 0) is 6.42 Å². The molecule has 0 unspecified atom stereocenters. The summed E-state index contributed by atoms with van der Waals surface area (Å²) in [6.45, 7) is 7.02. The predicted octanol–water partition coefficient (Wildman–Crippen LogP) is 3.35. The van der Waals surface area contributed by atoms with E-state index in [1.165, 1.54) is 37.1 Å². The first-order chi connectivity index (χ1) is 7.81. The Balaban J connectivity index is 2.09. The van der Waals surface area contributed by atoms with Crippen LogP contribution in [-0.4, -0.2) is 13.1 Å². The Morgan fingerprint density at radius 2 is 2.06 bits per heavy atom. The zero-order valence-corrected chi connectivity index (χ0v) is 10.5. The molecule has 1 fully saturated rings. The lowest BCUT2D eigenvalue weighted by Gasteiger charge is -2.28. The summed E-state index contributed by atoms with van der Waals surface area (Å²) in [5.41, 5.74) is 3.00. The highest BCUT2D eigenvalue weighted by molar-refractivity contribution is 5.26. The summed E-state index contributed by atoms with van der Waals surface area (Å²) in [5, 5.41) is 3.44. The van der Waals surface area contributed by atoms with Crippen LogP contribution in [0.4, 0.5) is 0 Å². The van der Waals surface area contributed by atoms with Gasteiger partial charge in [-0.15, -0.1) is 0 Å². The zero-order chi connectivity index (χ0) is 11.4. The summed E-state index contributed by atoms with van der Waals surface area (Å²) >= 11 is 0. The first kappa shape index (κ1) is 11.7. The maximum absolute atomic E-state index is 3.44. The van der Waals surface area contributed by atoms with Crippen LogP contribution in [0.5, 0.6) is 0 Å². The Morgan fingerprint density at radius 3 is 2.75 bits per heavy atom. The van der Waals surface area contributed by atoms with Gasteiger partial charge in [-0.05, 0) is 55.3 Å². The molecule has 1 aromatic rings. The van der Waals surface area contributed by atoms with Gasteiger partial charge in [-0.25, -0.2) is 0 Å². The third-order valence-electron chi connectivity index (χ3n) is 3.98. The second-order valence-electron chi connectivity index (χ2n) is 4.97. The average Bonchev–Trinajstić information content (AvgIpc) is 2.39. The van der Waals surface area contributed by atoms with E-state index in [1.807, 2.05) is 0 Å².